The van der Waals surface area contributed by atoms with Crippen LogP contribution in [0, 0.1) is 29.3 Å². The van der Waals surface area contributed by atoms with Gasteiger partial charge in [-0.25, -0.2) is 8.78 Å². The van der Waals surface area contributed by atoms with Crippen LogP contribution in [0.5, 0.6) is 5.75 Å². The molecule has 0 N–H and O–H groups in total. The third-order valence-electron chi connectivity index (χ3n) is 8.56. The Morgan fingerprint density at radius 1 is 0.861 bits per heavy atom. The monoisotopic (exact) mass is 500 g/mol. The van der Waals surface area contributed by atoms with Crippen molar-refractivity contribution < 1.29 is 22.7 Å². The minimum Gasteiger partial charge on any atom is -0.423 e. The zero-order valence-electron chi connectivity index (χ0n) is 21.6. The second kappa shape index (κ2) is 12.3. The van der Waals surface area contributed by atoms with Crippen LogP contribution in [0.15, 0.2) is 30.3 Å². The topological polar surface area (TPSA) is 26.3 Å². The molecule has 0 radical (unpaired) electrons. The van der Waals surface area contributed by atoms with Crippen molar-refractivity contribution in [2.24, 2.45) is 11.8 Å². The third kappa shape index (κ3) is 6.15. The summed E-state index contributed by atoms with van der Waals surface area (Å²) < 4.78 is 49.5. The lowest BCUT2D eigenvalue weighted by atomic mass is 9.77. The van der Waals surface area contributed by atoms with Gasteiger partial charge in [-0.05, 0) is 111 Å². The van der Waals surface area contributed by atoms with E-state index in [1.165, 1.54) is 6.07 Å². The summed E-state index contributed by atoms with van der Waals surface area (Å²) in [7, 11) is 0. The molecule has 4 rings (SSSR count). The van der Waals surface area contributed by atoms with E-state index in [0.717, 1.165) is 75.3 Å². The van der Waals surface area contributed by atoms with Crippen LogP contribution in [0.25, 0.3) is 0 Å². The number of benzene rings is 2. The van der Waals surface area contributed by atoms with Crippen LogP contribution in [0.3, 0.4) is 0 Å². The molecule has 2 fully saturated rings. The van der Waals surface area contributed by atoms with Crippen molar-refractivity contribution in [3.8, 4) is 5.75 Å². The molecule has 0 atom stereocenters. The first-order valence-corrected chi connectivity index (χ1v) is 13.9. The highest BCUT2D eigenvalue weighted by atomic mass is 19.2. The summed E-state index contributed by atoms with van der Waals surface area (Å²) >= 11 is 0. The van der Waals surface area contributed by atoms with Gasteiger partial charge in [0.15, 0.2) is 11.6 Å². The first-order valence-electron chi connectivity index (χ1n) is 13.9. The Labute approximate surface area is 213 Å². The molecule has 0 amide bonds. The zero-order valence-corrected chi connectivity index (χ0v) is 21.6. The van der Waals surface area contributed by atoms with E-state index in [-0.39, 0.29) is 29.3 Å². The minimum atomic E-state index is -1.06. The molecule has 0 unspecified atom stereocenters. The van der Waals surface area contributed by atoms with Gasteiger partial charge in [-0.2, -0.15) is 4.39 Å². The second-order valence-electron chi connectivity index (χ2n) is 10.8. The van der Waals surface area contributed by atoms with Crippen LogP contribution in [0.1, 0.15) is 113 Å². The van der Waals surface area contributed by atoms with Gasteiger partial charge in [0.2, 0.25) is 5.82 Å². The van der Waals surface area contributed by atoms with Crippen LogP contribution in [0.4, 0.5) is 13.2 Å². The lowest BCUT2D eigenvalue weighted by Crippen LogP contribution is -2.25. The van der Waals surface area contributed by atoms with Crippen LogP contribution >= 0.6 is 0 Å². The van der Waals surface area contributed by atoms with E-state index in [9.17, 15) is 18.0 Å². The highest BCUT2D eigenvalue weighted by Crippen LogP contribution is 2.40. The molecule has 0 spiro atoms. The molecule has 2 saturated carbocycles. The summed E-state index contributed by atoms with van der Waals surface area (Å²) in [6.45, 7) is 4.26. The van der Waals surface area contributed by atoms with Gasteiger partial charge < -0.3 is 4.74 Å². The van der Waals surface area contributed by atoms with Gasteiger partial charge in [0.1, 0.15) is 5.82 Å². The highest BCUT2D eigenvalue weighted by molar-refractivity contribution is 5.75. The molecule has 2 aromatic carbocycles. The largest absolute Gasteiger partial charge is 0.423 e. The normalized spacial score (nSPS) is 24.5. The second-order valence-corrected chi connectivity index (χ2v) is 10.8. The Hall–Kier alpha value is -2.30. The number of halogens is 3. The maximum absolute atomic E-state index is 14.9. The molecule has 36 heavy (non-hydrogen) atoms. The predicted molar refractivity (Wildman–Crippen MR) is 137 cm³/mol. The molecule has 0 bridgehead atoms. The standard InChI is InChI=1S/C31H39F3O2/c1-3-5-6-23-13-16-25(19-27(23)32)21-11-14-24(15-12-21)31(35)36-28-18-17-26(29(33)30(28)34)22-9-7-20(4-2)8-10-22/h13,16-22,24H,3-12,14-15H2,1-2H3. The van der Waals surface area contributed by atoms with Crippen molar-refractivity contribution in [3.05, 3.63) is 64.5 Å². The zero-order chi connectivity index (χ0) is 25.7. The number of carbonyl (C=O) groups is 1. The van der Waals surface area contributed by atoms with Crippen LogP contribution in [-0.2, 0) is 11.2 Å². The van der Waals surface area contributed by atoms with E-state index in [0.29, 0.717) is 24.3 Å². The Kier molecular flexibility index (Phi) is 9.14. The molecule has 0 aliphatic heterocycles. The van der Waals surface area contributed by atoms with E-state index in [2.05, 4.69) is 13.8 Å². The number of esters is 1. The van der Waals surface area contributed by atoms with E-state index >= 15 is 0 Å². The summed E-state index contributed by atoms with van der Waals surface area (Å²) in [5.74, 6) is -2.40. The molecule has 0 heterocycles. The van der Waals surface area contributed by atoms with Crippen molar-refractivity contribution >= 4 is 5.97 Å². The SMILES string of the molecule is CCCCc1ccc(C2CCC(C(=O)Oc3ccc(C4CCC(CC)CC4)c(F)c3F)CC2)cc1F. The number of aryl methyl sites for hydroxylation is 1. The quantitative estimate of drug-likeness (QED) is 0.267. The van der Waals surface area contributed by atoms with Gasteiger partial charge in [-0.15, -0.1) is 0 Å². The molecule has 196 valence electrons. The number of hydrogen-bond acceptors (Lipinski definition) is 2. The number of ether oxygens (including phenoxy) is 1. The van der Waals surface area contributed by atoms with Crippen molar-refractivity contribution in [2.45, 2.75) is 103 Å². The first-order chi connectivity index (χ1) is 17.4. The van der Waals surface area contributed by atoms with Crippen molar-refractivity contribution in [1.29, 1.82) is 0 Å². The Morgan fingerprint density at radius 3 is 2.19 bits per heavy atom. The first kappa shape index (κ1) is 26.8. The molecule has 2 aliphatic carbocycles. The fourth-order valence-corrected chi connectivity index (χ4v) is 6.06. The number of carbonyl (C=O) groups excluding carboxylic acids is 1. The fraction of sp³-hybridized carbons (Fsp3) is 0.581. The molecule has 0 saturated heterocycles. The fourth-order valence-electron chi connectivity index (χ4n) is 6.06. The summed E-state index contributed by atoms with van der Waals surface area (Å²) in [5.41, 5.74) is 2.12. The van der Waals surface area contributed by atoms with E-state index < -0.39 is 17.6 Å². The smallest absolute Gasteiger partial charge is 0.314 e. The Bertz CT molecular complexity index is 1030. The summed E-state index contributed by atoms with van der Waals surface area (Å²) in [6, 6.07) is 8.53. The molecule has 0 aromatic heterocycles. The van der Waals surface area contributed by atoms with Crippen LogP contribution in [-0.4, -0.2) is 5.97 Å². The lowest BCUT2D eigenvalue weighted by Gasteiger charge is -2.29. The maximum Gasteiger partial charge on any atom is 0.314 e. The van der Waals surface area contributed by atoms with Gasteiger partial charge in [-0.1, -0.05) is 44.9 Å². The van der Waals surface area contributed by atoms with Crippen molar-refractivity contribution in [2.75, 3.05) is 0 Å². The van der Waals surface area contributed by atoms with Crippen molar-refractivity contribution in [3.63, 3.8) is 0 Å². The molecule has 2 nitrogen and oxygen atoms in total. The van der Waals surface area contributed by atoms with Gasteiger partial charge >= 0.3 is 5.97 Å². The van der Waals surface area contributed by atoms with Crippen LogP contribution < -0.4 is 4.74 Å². The molecular formula is C31H39F3O2. The Balaban J connectivity index is 1.33. The lowest BCUT2D eigenvalue weighted by molar-refractivity contribution is -0.140. The van der Waals surface area contributed by atoms with Crippen LogP contribution in [0.2, 0.25) is 0 Å². The maximum atomic E-state index is 14.9. The van der Waals surface area contributed by atoms with Gasteiger partial charge in [0, 0.05) is 0 Å². The van der Waals surface area contributed by atoms with E-state index in [1.54, 1.807) is 12.1 Å². The molecule has 2 aromatic rings. The average Bonchev–Trinajstić information content (AvgIpc) is 2.91. The predicted octanol–water partition coefficient (Wildman–Crippen LogP) is 9.01. The molecule has 2 aliphatic rings. The van der Waals surface area contributed by atoms with E-state index in [4.69, 9.17) is 4.74 Å². The Morgan fingerprint density at radius 2 is 1.56 bits per heavy atom. The highest BCUT2D eigenvalue weighted by Gasteiger charge is 2.31. The van der Waals surface area contributed by atoms with Gasteiger partial charge in [0.25, 0.3) is 0 Å². The number of hydrogen-bond donors (Lipinski definition) is 0. The van der Waals surface area contributed by atoms with Gasteiger partial charge in [0.05, 0.1) is 5.92 Å². The van der Waals surface area contributed by atoms with E-state index in [1.807, 2.05) is 12.1 Å². The molecular weight excluding hydrogens is 461 g/mol. The average molecular weight is 501 g/mol. The minimum absolute atomic E-state index is 0.0212. The number of rotatable bonds is 8. The summed E-state index contributed by atoms with van der Waals surface area (Å²) in [4.78, 5) is 12.8. The third-order valence-corrected chi connectivity index (χ3v) is 8.56. The molecule has 5 heteroatoms. The summed E-state index contributed by atoms with van der Waals surface area (Å²) in [6.07, 6.45) is 10.3. The van der Waals surface area contributed by atoms with Crippen molar-refractivity contribution in [1.82, 2.24) is 0 Å². The number of unbranched alkanes of at least 4 members (excludes halogenated alkanes) is 1. The summed E-state index contributed by atoms with van der Waals surface area (Å²) in [5, 5.41) is 0. The van der Waals surface area contributed by atoms with Gasteiger partial charge in [-0.3, -0.25) is 4.79 Å².